The van der Waals surface area contributed by atoms with Crippen LogP contribution in [0.15, 0.2) is 0 Å². The van der Waals surface area contributed by atoms with Gasteiger partial charge in [0.2, 0.25) is 0 Å². The molecule has 2 unspecified atom stereocenters. The van der Waals surface area contributed by atoms with Gasteiger partial charge < -0.3 is 8.92 Å². The predicted octanol–water partition coefficient (Wildman–Crippen LogP) is -0.0510. The average Bonchev–Trinajstić information content (AvgIpc) is 3.07. The number of rotatable bonds is 5. The summed E-state index contributed by atoms with van der Waals surface area (Å²) in [6, 6.07) is -1.20. The Morgan fingerprint density at radius 3 is 2.71 bits per heavy atom. The number of ketones is 1. The summed E-state index contributed by atoms with van der Waals surface area (Å²) in [6.45, 7) is 3.94. The van der Waals surface area contributed by atoms with E-state index >= 15 is 0 Å². The molecule has 0 radical (unpaired) electrons. The maximum atomic E-state index is 12.0. The van der Waals surface area contributed by atoms with Crippen molar-refractivity contribution in [3.05, 3.63) is 0 Å². The highest BCUT2D eigenvalue weighted by molar-refractivity contribution is 7.78. The number of ether oxygens (including phenoxy) is 1. The fourth-order valence-electron chi connectivity index (χ4n) is 1.89. The third-order valence-electron chi connectivity index (χ3n) is 2.90. The van der Waals surface area contributed by atoms with Gasteiger partial charge in [0.05, 0.1) is 12.6 Å². The van der Waals surface area contributed by atoms with E-state index in [-0.39, 0.29) is 5.78 Å². The van der Waals surface area contributed by atoms with Crippen LogP contribution in [-0.4, -0.2) is 45.1 Å². The number of carbonyl (C=O) groups is 2. The Kier molecular flexibility index (Phi) is 3.60. The lowest BCUT2D eigenvalue weighted by Crippen LogP contribution is -2.46. The summed E-state index contributed by atoms with van der Waals surface area (Å²) in [6.07, 6.45) is 0.912. The van der Waals surface area contributed by atoms with E-state index in [4.69, 9.17) is 4.74 Å². The summed E-state index contributed by atoms with van der Waals surface area (Å²) < 4.78 is 22.6. The van der Waals surface area contributed by atoms with Crippen molar-refractivity contribution >= 4 is 23.0 Å². The molecule has 0 aliphatic carbocycles. The second kappa shape index (κ2) is 4.83. The van der Waals surface area contributed by atoms with Gasteiger partial charge >= 0.3 is 5.97 Å². The molecule has 0 saturated carbocycles. The molecule has 0 spiro atoms. The van der Waals surface area contributed by atoms with Crippen LogP contribution in [0.2, 0.25) is 0 Å². The number of carbonyl (C=O) groups excluding carboxylic acids is 2. The van der Waals surface area contributed by atoms with Crippen molar-refractivity contribution < 1.29 is 22.7 Å². The molecule has 0 aromatic rings. The lowest BCUT2D eigenvalue weighted by atomic mass is 10.0. The summed E-state index contributed by atoms with van der Waals surface area (Å²) in [5, 5.41) is 0. The Bertz CT molecular complexity index is 368. The molecule has 2 rings (SSSR count). The summed E-state index contributed by atoms with van der Waals surface area (Å²) in [5.74, 6) is -0.653. The number of hydrogen-bond donors (Lipinski definition) is 0. The fourth-order valence-corrected chi connectivity index (χ4v) is 3.01. The van der Waals surface area contributed by atoms with Crippen molar-refractivity contribution in [2.24, 2.45) is 0 Å². The molecular weight excluding hydrogens is 246 g/mol. The minimum Gasteiger partial charge on any atom is -0.365 e. The van der Waals surface area contributed by atoms with Gasteiger partial charge in [0.25, 0.3) is 11.3 Å². The second-order valence-electron chi connectivity index (χ2n) is 4.18. The van der Waals surface area contributed by atoms with E-state index in [0.717, 1.165) is 6.42 Å². The summed E-state index contributed by atoms with van der Waals surface area (Å²) in [4.78, 5) is 23.3. The van der Waals surface area contributed by atoms with Gasteiger partial charge in [-0.2, -0.15) is 8.51 Å². The Labute approximate surface area is 102 Å². The van der Waals surface area contributed by atoms with Gasteiger partial charge in [-0.25, -0.2) is 4.79 Å². The maximum Gasteiger partial charge on any atom is 0.339 e. The molecule has 0 bridgehead atoms. The Balaban J connectivity index is 2.17. The molecule has 96 valence electrons. The predicted molar refractivity (Wildman–Crippen MR) is 59.0 cm³/mol. The third kappa shape index (κ3) is 2.41. The Hall–Kier alpha value is -0.790. The molecule has 2 aliphatic heterocycles. The molecule has 2 heterocycles. The molecule has 2 saturated heterocycles. The molecule has 2 fully saturated rings. The zero-order chi connectivity index (χ0) is 12.6. The van der Waals surface area contributed by atoms with Crippen LogP contribution in [0.5, 0.6) is 0 Å². The van der Waals surface area contributed by atoms with E-state index in [0.29, 0.717) is 13.0 Å². The van der Waals surface area contributed by atoms with Crippen molar-refractivity contribution in [1.29, 1.82) is 0 Å². The van der Waals surface area contributed by atoms with Gasteiger partial charge in [-0.3, -0.25) is 4.79 Å². The minimum absolute atomic E-state index is 0.106. The Morgan fingerprint density at radius 1 is 1.65 bits per heavy atom. The maximum absolute atomic E-state index is 12.0. The molecule has 17 heavy (non-hydrogen) atoms. The molecule has 0 aromatic carbocycles. The van der Waals surface area contributed by atoms with Gasteiger partial charge in [0, 0.05) is 0 Å². The SMILES string of the molecule is CCC[C@@H](C(=O)C1CO1)N1[C@@H](C)C(=O)OS1=O. The van der Waals surface area contributed by atoms with Crippen LogP contribution in [0.4, 0.5) is 0 Å². The first kappa shape index (κ1) is 12.7. The first-order valence-corrected chi connectivity index (χ1v) is 6.67. The second-order valence-corrected chi connectivity index (χ2v) is 5.21. The number of hydrogen-bond acceptors (Lipinski definition) is 5. The van der Waals surface area contributed by atoms with Crippen LogP contribution >= 0.6 is 0 Å². The summed E-state index contributed by atoms with van der Waals surface area (Å²) >= 11 is -1.85. The van der Waals surface area contributed by atoms with E-state index in [1.165, 1.54) is 4.31 Å². The molecule has 6 nitrogen and oxygen atoms in total. The van der Waals surface area contributed by atoms with E-state index in [1.807, 2.05) is 6.92 Å². The summed E-state index contributed by atoms with van der Waals surface area (Å²) in [7, 11) is 0. The minimum atomic E-state index is -1.85. The van der Waals surface area contributed by atoms with Crippen molar-refractivity contribution in [1.82, 2.24) is 4.31 Å². The van der Waals surface area contributed by atoms with Crippen LogP contribution in [0, 0.1) is 0 Å². The molecule has 0 N–H and O–H groups in total. The Morgan fingerprint density at radius 2 is 2.29 bits per heavy atom. The zero-order valence-corrected chi connectivity index (χ0v) is 10.6. The highest BCUT2D eigenvalue weighted by Crippen LogP contribution is 2.26. The third-order valence-corrected chi connectivity index (χ3v) is 4.12. The molecule has 4 atom stereocenters. The lowest BCUT2D eigenvalue weighted by molar-refractivity contribution is -0.134. The van der Waals surface area contributed by atoms with Crippen molar-refractivity contribution in [2.75, 3.05) is 6.61 Å². The average molecular weight is 261 g/mol. The molecule has 2 aliphatic rings. The van der Waals surface area contributed by atoms with Crippen molar-refractivity contribution in [3.8, 4) is 0 Å². The number of Topliss-reactive ketones (excluding diaryl/α,β-unsaturated/α-hetero) is 1. The van der Waals surface area contributed by atoms with Gasteiger partial charge in [0.15, 0.2) is 5.78 Å². The topological polar surface area (TPSA) is 76.2 Å². The van der Waals surface area contributed by atoms with Crippen molar-refractivity contribution in [2.45, 2.75) is 44.9 Å². The van der Waals surface area contributed by atoms with Gasteiger partial charge in [0.1, 0.15) is 12.1 Å². The highest BCUT2D eigenvalue weighted by atomic mass is 32.2. The number of epoxide rings is 1. The number of nitrogens with zero attached hydrogens (tertiary/aromatic N) is 1. The van der Waals surface area contributed by atoms with Crippen molar-refractivity contribution in [3.63, 3.8) is 0 Å². The van der Waals surface area contributed by atoms with Crippen LogP contribution < -0.4 is 0 Å². The smallest absolute Gasteiger partial charge is 0.339 e. The first-order chi connectivity index (χ1) is 8.06. The monoisotopic (exact) mass is 261 g/mol. The quantitative estimate of drug-likeness (QED) is 0.648. The van der Waals surface area contributed by atoms with Gasteiger partial charge in [-0.15, -0.1) is 0 Å². The fraction of sp³-hybridized carbons (Fsp3) is 0.800. The van der Waals surface area contributed by atoms with E-state index in [9.17, 15) is 13.8 Å². The van der Waals surface area contributed by atoms with Crippen LogP contribution in [0.3, 0.4) is 0 Å². The van der Waals surface area contributed by atoms with Crippen LogP contribution in [0.1, 0.15) is 26.7 Å². The molecular formula is C10H15NO5S. The normalized spacial score (nSPS) is 34.5. The van der Waals surface area contributed by atoms with Crippen LogP contribution in [-0.2, 0) is 29.8 Å². The molecule has 7 heteroatoms. The lowest BCUT2D eigenvalue weighted by Gasteiger charge is -2.23. The zero-order valence-electron chi connectivity index (χ0n) is 9.75. The van der Waals surface area contributed by atoms with E-state index in [1.54, 1.807) is 6.92 Å². The largest absolute Gasteiger partial charge is 0.365 e. The summed E-state index contributed by atoms with van der Waals surface area (Å²) in [5.41, 5.74) is 0. The molecule has 0 aromatic heterocycles. The van der Waals surface area contributed by atoms with E-state index in [2.05, 4.69) is 4.18 Å². The van der Waals surface area contributed by atoms with Crippen LogP contribution in [0.25, 0.3) is 0 Å². The van der Waals surface area contributed by atoms with Gasteiger partial charge in [-0.05, 0) is 13.3 Å². The standard InChI is InChI=1S/C10H15NO5S/c1-3-4-7(9(12)8-5-15-8)11-6(2)10(13)16-17(11)14/h6-8H,3-5H2,1-2H3/t6-,7-,8?,17?/m0/s1. The van der Waals surface area contributed by atoms with E-state index < -0.39 is 35.4 Å². The van der Waals surface area contributed by atoms with Gasteiger partial charge in [-0.1, -0.05) is 13.3 Å². The molecule has 0 amide bonds. The highest BCUT2D eigenvalue weighted by Gasteiger charge is 2.48. The first-order valence-electron chi connectivity index (χ1n) is 5.64.